The molecule has 3 aromatic rings. The highest BCUT2D eigenvalue weighted by molar-refractivity contribution is 9.10. The van der Waals surface area contributed by atoms with E-state index < -0.39 is 9.84 Å². The minimum Gasteiger partial charge on any atom is -0.381 e. The van der Waals surface area contributed by atoms with Crippen molar-refractivity contribution in [2.45, 2.75) is 48.2 Å². The second kappa shape index (κ2) is 9.12. The van der Waals surface area contributed by atoms with Crippen LogP contribution in [0.1, 0.15) is 49.3 Å². The van der Waals surface area contributed by atoms with E-state index in [2.05, 4.69) is 38.0 Å². The third-order valence-electron chi connectivity index (χ3n) is 6.57. The Morgan fingerprint density at radius 3 is 2.41 bits per heavy atom. The van der Waals surface area contributed by atoms with Crippen molar-refractivity contribution in [3.8, 4) is 11.4 Å². The minimum atomic E-state index is -3.17. The predicted molar refractivity (Wildman–Crippen MR) is 128 cm³/mol. The first kappa shape index (κ1) is 21.9. The molecule has 3 heterocycles. The monoisotopic (exact) mass is 514 g/mol. The van der Waals surface area contributed by atoms with Crippen LogP contribution in [0.4, 0.5) is 0 Å². The number of sulfone groups is 1. The number of aromatic nitrogens is 2. The molecule has 5 nitrogen and oxygen atoms in total. The van der Waals surface area contributed by atoms with Crippen molar-refractivity contribution in [3.05, 3.63) is 70.5 Å². The van der Waals surface area contributed by atoms with Crippen LogP contribution in [-0.2, 0) is 14.6 Å². The Kier molecular flexibility index (Phi) is 6.23. The van der Waals surface area contributed by atoms with Crippen LogP contribution in [0, 0.1) is 5.92 Å². The first-order chi connectivity index (χ1) is 15.5. The summed E-state index contributed by atoms with van der Waals surface area (Å²) in [5.41, 5.74) is 4.16. The molecular formula is C25H27BrN2O3S. The first-order valence-electron chi connectivity index (χ1n) is 11.2. The number of rotatable bonds is 7. The summed E-state index contributed by atoms with van der Waals surface area (Å²) < 4.78 is 31.7. The van der Waals surface area contributed by atoms with Gasteiger partial charge in [-0.15, -0.1) is 0 Å². The van der Waals surface area contributed by atoms with Crippen LogP contribution in [0.5, 0.6) is 0 Å². The molecule has 1 aliphatic carbocycles. The number of aromatic amines is 1. The Bertz CT molecular complexity index is 1160. The largest absolute Gasteiger partial charge is 0.381 e. The van der Waals surface area contributed by atoms with Crippen LogP contribution in [0.3, 0.4) is 0 Å². The molecule has 1 N–H and O–H groups in total. The molecule has 0 radical (unpaired) electrons. The van der Waals surface area contributed by atoms with Gasteiger partial charge in [0.05, 0.1) is 21.5 Å². The van der Waals surface area contributed by atoms with Gasteiger partial charge in [-0.05, 0) is 95.9 Å². The number of pyridine rings is 1. The molecule has 1 atom stereocenters. The second-order valence-electron chi connectivity index (χ2n) is 8.85. The maximum absolute atomic E-state index is 12.6. The van der Waals surface area contributed by atoms with E-state index in [0.717, 1.165) is 72.4 Å². The van der Waals surface area contributed by atoms with Gasteiger partial charge in [0.2, 0.25) is 0 Å². The van der Waals surface area contributed by atoms with Crippen LogP contribution in [0.25, 0.3) is 11.4 Å². The average molecular weight is 515 g/mol. The van der Waals surface area contributed by atoms with Gasteiger partial charge in [-0.25, -0.2) is 8.42 Å². The van der Waals surface area contributed by atoms with Gasteiger partial charge in [0.1, 0.15) is 0 Å². The smallest absolute Gasteiger partial charge is 0.181 e. The summed E-state index contributed by atoms with van der Waals surface area (Å²) in [7, 11) is -3.17. The van der Waals surface area contributed by atoms with Crippen molar-refractivity contribution in [3.63, 3.8) is 0 Å². The standard InChI is InChI=1S/C25H27BrN2O3S/c26-19-3-8-24(27-16-19)25-10-9-23(28-25)22(15-17-11-13-31-14-12-17)18-1-4-20(5-2-18)32(29,30)21-6-7-21/h1-5,8-10,16-17,21-22,28H,6-7,11-15H2. The average Bonchev–Trinajstić information content (AvgIpc) is 3.58. The minimum absolute atomic E-state index is 0.167. The first-order valence-corrected chi connectivity index (χ1v) is 13.6. The van der Waals surface area contributed by atoms with Crippen LogP contribution >= 0.6 is 15.9 Å². The van der Waals surface area contributed by atoms with E-state index in [9.17, 15) is 8.42 Å². The van der Waals surface area contributed by atoms with Crippen LogP contribution in [-0.4, -0.2) is 36.8 Å². The van der Waals surface area contributed by atoms with Gasteiger partial charge in [0.25, 0.3) is 0 Å². The number of nitrogens with zero attached hydrogens (tertiary/aromatic N) is 1. The lowest BCUT2D eigenvalue weighted by molar-refractivity contribution is 0.0626. The summed E-state index contributed by atoms with van der Waals surface area (Å²) in [5.74, 6) is 0.751. The fourth-order valence-corrected chi connectivity index (χ4v) is 6.41. The van der Waals surface area contributed by atoms with Gasteiger partial charge in [0.15, 0.2) is 9.84 Å². The second-order valence-corrected chi connectivity index (χ2v) is 12.0. The van der Waals surface area contributed by atoms with Crippen molar-refractivity contribution >= 4 is 25.8 Å². The molecular weight excluding hydrogens is 488 g/mol. The number of ether oxygens (including phenoxy) is 1. The van der Waals surface area contributed by atoms with Crippen LogP contribution in [0.2, 0.25) is 0 Å². The zero-order valence-corrected chi connectivity index (χ0v) is 20.2. The Morgan fingerprint density at radius 1 is 1.00 bits per heavy atom. The van der Waals surface area contributed by atoms with Gasteiger partial charge in [0, 0.05) is 35.5 Å². The fourth-order valence-electron chi connectivity index (χ4n) is 4.52. The molecule has 32 heavy (non-hydrogen) atoms. The number of halogens is 1. The summed E-state index contributed by atoms with van der Waals surface area (Å²) in [6.45, 7) is 1.63. The maximum atomic E-state index is 12.6. The van der Waals surface area contributed by atoms with Crippen LogP contribution in [0.15, 0.2) is 64.1 Å². The molecule has 168 valence electrons. The summed E-state index contributed by atoms with van der Waals surface area (Å²) in [6, 6.07) is 15.8. The van der Waals surface area contributed by atoms with Crippen molar-refractivity contribution in [2.75, 3.05) is 13.2 Å². The number of nitrogens with one attached hydrogen (secondary N) is 1. The zero-order valence-electron chi connectivity index (χ0n) is 17.8. The van der Waals surface area contributed by atoms with Gasteiger partial charge >= 0.3 is 0 Å². The Morgan fingerprint density at radius 2 is 1.75 bits per heavy atom. The third-order valence-corrected chi connectivity index (χ3v) is 9.32. The quantitative estimate of drug-likeness (QED) is 0.437. The maximum Gasteiger partial charge on any atom is 0.181 e. The Balaban J connectivity index is 1.45. The van der Waals surface area contributed by atoms with Gasteiger partial charge < -0.3 is 9.72 Å². The summed E-state index contributed by atoms with van der Waals surface area (Å²) >= 11 is 3.44. The van der Waals surface area contributed by atoms with E-state index in [-0.39, 0.29) is 11.2 Å². The topological polar surface area (TPSA) is 72.1 Å². The SMILES string of the molecule is O=S(=O)(c1ccc(C(CC2CCOCC2)c2ccc(-c3ccc(Br)cn3)[nH]2)cc1)C1CC1. The fraction of sp³-hybridized carbons (Fsp3) is 0.400. The van der Waals surface area contributed by atoms with Crippen molar-refractivity contribution in [1.82, 2.24) is 9.97 Å². The Hall–Kier alpha value is -1.96. The number of hydrogen-bond donors (Lipinski definition) is 1. The predicted octanol–water partition coefficient (Wildman–Crippen LogP) is 5.72. The molecule has 0 spiro atoms. The molecule has 2 aromatic heterocycles. The lowest BCUT2D eigenvalue weighted by Crippen LogP contribution is -2.19. The normalized spacial score (nSPS) is 18.5. The summed E-state index contributed by atoms with van der Waals surface area (Å²) in [4.78, 5) is 8.54. The van der Waals surface area contributed by atoms with Crippen molar-refractivity contribution in [2.24, 2.45) is 5.92 Å². The van der Waals surface area contributed by atoms with Crippen molar-refractivity contribution < 1.29 is 13.2 Å². The lowest BCUT2D eigenvalue weighted by atomic mass is 9.83. The highest BCUT2D eigenvalue weighted by atomic mass is 79.9. The van der Waals surface area contributed by atoms with Gasteiger partial charge in [-0.1, -0.05) is 12.1 Å². The number of hydrogen-bond acceptors (Lipinski definition) is 4. The molecule has 0 bridgehead atoms. The van der Waals surface area contributed by atoms with E-state index in [1.54, 1.807) is 18.3 Å². The molecule has 5 rings (SSSR count). The molecule has 2 aliphatic rings. The lowest BCUT2D eigenvalue weighted by Gasteiger charge is -2.27. The van der Waals surface area contributed by atoms with Crippen molar-refractivity contribution in [1.29, 1.82) is 0 Å². The van der Waals surface area contributed by atoms with Gasteiger partial charge in [-0.2, -0.15) is 0 Å². The molecule has 1 unspecified atom stereocenters. The van der Waals surface area contributed by atoms with E-state index in [0.29, 0.717) is 10.8 Å². The molecule has 0 amide bonds. The zero-order chi connectivity index (χ0) is 22.1. The summed E-state index contributed by atoms with van der Waals surface area (Å²) in [5, 5.41) is -0.184. The molecule has 1 aromatic carbocycles. The van der Waals surface area contributed by atoms with Crippen LogP contribution < -0.4 is 0 Å². The molecule has 2 fully saturated rings. The van der Waals surface area contributed by atoms with Gasteiger partial charge in [-0.3, -0.25) is 4.98 Å². The summed E-state index contributed by atoms with van der Waals surface area (Å²) in [6.07, 6.45) is 6.50. The highest BCUT2D eigenvalue weighted by Crippen LogP contribution is 2.37. The highest BCUT2D eigenvalue weighted by Gasteiger charge is 2.37. The van der Waals surface area contributed by atoms with E-state index >= 15 is 0 Å². The third kappa shape index (κ3) is 4.70. The molecule has 1 saturated heterocycles. The number of H-pyrrole nitrogens is 1. The molecule has 7 heteroatoms. The molecule has 1 aliphatic heterocycles. The Labute approximate surface area is 197 Å². The van der Waals surface area contributed by atoms with E-state index in [4.69, 9.17) is 4.74 Å². The van der Waals surface area contributed by atoms with E-state index in [1.165, 1.54) is 0 Å². The molecule has 1 saturated carbocycles. The van der Waals surface area contributed by atoms with E-state index in [1.807, 2.05) is 24.3 Å². The number of benzene rings is 1.